The van der Waals surface area contributed by atoms with Crippen LogP contribution in [0.2, 0.25) is 0 Å². The Hall–Kier alpha value is -1.26. The number of ether oxygens (including phenoxy) is 2. The van der Waals surface area contributed by atoms with Gasteiger partial charge in [-0.3, -0.25) is 0 Å². The fourth-order valence-electron chi connectivity index (χ4n) is 2.78. The Labute approximate surface area is 128 Å². The second kappa shape index (κ2) is 8.25. The molecule has 0 radical (unpaired) electrons. The van der Waals surface area contributed by atoms with Crippen molar-refractivity contribution >= 4 is 0 Å². The van der Waals surface area contributed by atoms with Gasteiger partial charge in [0, 0.05) is 19.1 Å². The fourth-order valence-corrected chi connectivity index (χ4v) is 2.78. The summed E-state index contributed by atoms with van der Waals surface area (Å²) in [6.45, 7) is 9.63. The maximum absolute atomic E-state index is 5.75. The molecule has 4 heteroatoms. The average molecular weight is 292 g/mol. The number of hydrogen-bond donors (Lipinski definition) is 1. The third kappa shape index (κ3) is 4.90. The summed E-state index contributed by atoms with van der Waals surface area (Å²) in [5.41, 5.74) is 0. The van der Waals surface area contributed by atoms with Crippen LogP contribution in [0.3, 0.4) is 0 Å². The molecule has 0 bridgehead atoms. The zero-order valence-electron chi connectivity index (χ0n) is 13.5. The van der Waals surface area contributed by atoms with Gasteiger partial charge in [0.1, 0.15) is 6.61 Å². The van der Waals surface area contributed by atoms with Crippen molar-refractivity contribution in [3.63, 3.8) is 0 Å². The van der Waals surface area contributed by atoms with Gasteiger partial charge in [0.15, 0.2) is 11.5 Å². The summed E-state index contributed by atoms with van der Waals surface area (Å²) in [4.78, 5) is 2.55. The lowest BCUT2D eigenvalue weighted by Gasteiger charge is -2.20. The lowest BCUT2D eigenvalue weighted by atomic mass is 10.1. The minimum Gasteiger partial charge on any atom is -0.493 e. The molecule has 1 fully saturated rings. The quantitative estimate of drug-likeness (QED) is 0.746. The van der Waals surface area contributed by atoms with E-state index in [9.17, 15) is 0 Å². The maximum Gasteiger partial charge on any atom is 0.161 e. The molecular weight excluding hydrogens is 264 g/mol. The molecule has 1 saturated heterocycles. The highest BCUT2D eigenvalue weighted by atomic mass is 16.5. The second-order valence-electron chi connectivity index (χ2n) is 5.95. The van der Waals surface area contributed by atoms with E-state index in [0.29, 0.717) is 12.6 Å². The van der Waals surface area contributed by atoms with Crippen molar-refractivity contribution in [3.8, 4) is 11.5 Å². The molecule has 0 aliphatic carbocycles. The molecule has 0 aromatic heterocycles. The molecule has 1 aromatic carbocycles. The first-order valence-electron chi connectivity index (χ1n) is 7.91. The topological polar surface area (TPSA) is 33.7 Å². The Balaban J connectivity index is 1.60. The smallest absolute Gasteiger partial charge is 0.161 e. The third-order valence-electron chi connectivity index (χ3n) is 4.09. The van der Waals surface area contributed by atoms with E-state index in [1.807, 2.05) is 24.3 Å². The van der Waals surface area contributed by atoms with E-state index in [2.05, 4.69) is 24.1 Å². The Bertz CT molecular complexity index is 423. The van der Waals surface area contributed by atoms with Crippen LogP contribution < -0.4 is 14.8 Å². The van der Waals surface area contributed by atoms with Crippen molar-refractivity contribution in [3.05, 3.63) is 24.3 Å². The lowest BCUT2D eigenvalue weighted by molar-refractivity contribution is 0.260. The maximum atomic E-state index is 5.75. The van der Waals surface area contributed by atoms with E-state index in [1.165, 1.54) is 19.5 Å². The molecule has 0 saturated carbocycles. The summed E-state index contributed by atoms with van der Waals surface area (Å²) in [6, 6.07) is 8.44. The molecule has 0 amide bonds. The van der Waals surface area contributed by atoms with Gasteiger partial charge in [-0.05, 0) is 51.4 Å². The molecule has 1 aliphatic rings. The van der Waals surface area contributed by atoms with Crippen LogP contribution in [-0.4, -0.2) is 50.8 Å². The van der Waals surface area contributed by atoms with Crippen molar-refractivity contribution in [1.29, 1.82) is 0 Å². The minimum absolute atomic E-state index is 0.668. The first-order chi connectivity index (χ1) is 10.2. The number of nitrogens with zero attached hydrogens (tertiary/aromatic N) is 1. The van der Waals surface area contributed by atoms with Crippen LogP contribution in [0.15, 0.2) is 24.3 Å². The molecule has 1 aliphatic heterocycles. The van der Waals surface area contributed by atoms with Gasteiger partial charge in [-0.1, -0.05) is 12.1 Å². The molecule has 118 valence electrons. The van der Waals surface area contributed by atoms with Crippen LogP contribution in [0.5, 0.6) is 11.5 Å². The normalized spacial score (nSPS) is 19.1. The highest BCUT2D eigenvalue weighted by Gasteiger charge is 2.23. The van der Waals surface area contributed by atoms with Gasteiger partial charge in [0.25, 0.3) is 0 Å². The summed E-state index contributed by atoms with van der Waals surface area (Å²) in [5.74, 6) is 2.38. The van der Waals surface area contributed by atoms with E-state index in [1.54, 1.807) is 7.11 Å². The first-order valence-corrected chi connectivity index (χ1v) is 7.91. The molecule has 1 heterocycles. The predicted molar refractivity (Wildman–Crippen MR) is 86.2 cm³/mol. The third-order valence-corrected chi connectivity index (χ3v) is 4.09. The minimum atomic E-state index is 0.668. The van der Waals surface area contributed by atoms with Gasteiger partial charge in [-0.15, -0.1) is 0 Å². The van der Waals surface area contributed by atoms with Gasteiger partial charge >= 0.3 is 0 Å². The summed E-state index contributed by atoms with van der Waals surface area (Å²) < 4.78 is 11.0. The molecule has 1 N–H and O–H groups in total. The van der Waals surface area contributed by atoms with Crippen LogP contribution in [0.4, 0.5) is 0 Å². The van der Waals surface area contributed by atoms with Crippen LogP contribution in [0.25, 0.3) is 0 Å². The number of benzene rings is 1. The van der Waals surface area contributed by atoms with E-state index in [0.717, 1.165) is 30.5 Å². The zero-order chi connectivity index (χ0) is 15.1. The van der Waals surface area contributed by atoms with Crippen molar-refractivity contribution in [2.75, 3.05) is 39.9 Å². The second-order valence-corrected chi connectivity index (χ2v) is 5.95. The number of para-hydroxylation sites is 2. The van der Waals surface area contributed by atoms with Crippen molar-refractivity contribution in [1.82, 2.24) is 10.2 Å². The van der Waals surface area contributed by atoms with Gasteiger partial charge in [-0.25, -0.2) is 0 Å². The van der Waals surface area contributed by atoms with E-state index in [-0.39, 0.29) is 0 Å². The zero-order valence-corrected chi connectivity index (χ0v) is 13.5. The largest absolute Gasteiger partial charge is 0.493 e. The molecule has 21 heavy (non-hydrogen) atoms. The number of likely N-dealkylation sites (tertiary alicyclic amines) is 1. The van der Waals surface area contributed by atoms with E-state index < -0.39 is 0 Å². The first kappa shape index (κ1) is 16.1. The molecule has 0 spiro atoms. The SMILES string of the molecule is COc1ccccc1OCCNCC1CCN(C(C)C)C1. The van der Waals surface area contributed by atoms with Crippen molar-refractivity contribution in [2.45, 2.75) is 26.3 Å². The Morgan fingerprint density at radius 2 is 2.05 bits per heavy atom. The summed E-state index contributed by atoms with van der Waals surface area (Å²) in [5, 5.41) is 3.50. The average Bonchev–Trinajstić information content (AvgIpc) is 2.96. The summed E-state index contributed by atoms with van der Waals surface area (Å²) in [6.07, 6.45) is 1.30. The predicted octanol–water partition coefficient (Wildman–Crippen LogP) is 2.39. The molecule has 2 rings (SSSR count). The monoisotopic (exact) mass is 292 g/mol. The number of rotatable bonds is 8. The number of nitrogens with one attached hydrogen (secondary N) is 1. The molecule has 1 unspecified atom stereocenters. The van der Waals surface area contributed by atoms with Crippen LogP contribution in [-0.2, 0) is 0 Å². The lowest BCUT2D eigenvalue weighted by Crippen LogP contribution is -2.31. The van der Waals surface area contributed by atoms with Crippen LogP contribution >= 0.6 is 0 Å². The fraction of sp³-hybridized carbons (Fsp3) is 0.647. The van der Waals surface area contributed by atoms with E-state index in [4.69, 9.17) is 9.47 Å². The molecular formula is C17H28N2O2. The highest BCUT2D eigenvalue weighted by molar-refractivity contribution is 5.39. The van der Waals surface area contributed by atoms with Crippen molar-refractivity contribution in [2.24, 2.45) is 5.92 Å². The number of hydrogen-bond acceptors (Lipinski definition) is 4. The van der Waals surface area contributed by atoms with Gasteiger partial charge < -0.3 is 19.7 Å². The summed E-state index contributed by atoms with van der Waals surface area (Å²) in [7, 11) is 1.67. The standard InChI is InChI=1S/C17H28N2O2/c1-14(2)19-10-8-15(13-19)12-18-9-11-21-17-7-5-4-6-16(17)20-3/h4-7,14-15,18H,8-13H2,1-3H3. The Morgan fingerprint density at radius 3 is 2.71 bits per heavy atom. The highest BCUT2D eigenvalue weighted by Crippen LogP contribution is 2.25. The Kier molecular flexibility index (Phi) is 6.33. The van der Waals surface area contributed by atoms with Crippen LogP contribution in [0.1, 0.15) is 20.3 Å². The van der Waals surface area contributed by atoms with Crippen molar-refractivity contribution < 1.29 is 9.47 Å². The Morgan fingerprint density at radius 1 is 1.29 bits per heavy atom. The van der Waals surface area contributed by atoms with E-state index >= 15 is 0 Å². The molecule has 1 aromatic rings. The molecule has 1 atom stereocenters. The summed E-state index contributed by atoms with van der Waals surface area (Å²) >= 11 is 0. The molecule has 4 nitrogen and oxygen atoms in total. The van der Waals surface area contributed by atoms with Gasteiger partial charge in [-0.2, -0.15) is 0 Å². The van der Waals surface area contributed by atoms with Crippen LogP contribution in [0, 0.1) is 5.92 Å². The number of methoxy groups -OCH3 is 1. The van der Waals surface area contributed by atoms with Gasteiger partial charge in [0.2, 0.25) is 0 Å². The van der Waals surface area contributed by atoms with Gasteiger partial charge in [0.05, 0.1) is 7.11 Å².